The molecule has 5 rings (SSSR count). The molecule has 1 saturated heterocycles. The molecule has 1 atom stereocenters. The van der Waals surface area contributed by atoms with Crippen LogP contribution in [0.4, 0.5) is 5.69 Å². The van der Waals surface area contributed by atoms with E-state index >= 15 is 0 Å². The predicted molar refractivity (Wildman–Crippen MR) is 99.8 cm³/mol. The number of H-pyrrole nitrogens is 1. The fourth-order valence-corrected chi connectivity index (χ4v) is 3.25. The molecule has 2 N–H and O–H groups in total. The maximum atomic E-state index is 10.5. The van der Waals surface area contributed by atoms with Crippen LogP contribution in [0.25, 0.3) is 10.9 Å². The quantitative estimate of drug-likeness (QED) is 0.543. The zero-order valence-electron chi connectivity index (χ0n) is 13.6. The highest BCUT2D eigenvalue weighted by atomic mass is 35.5. The number of aromatic hydroxyl groups is 1. The topological polar surface area (TPSA) is 82.5 Å². The van der Waals surface area contributed by atoms with E-state index in [1.807, 2.05) is 30.3 Å². The third kappa shape index (κ3) is 2.55. The number of aromatic amines is 1. The number of ether oxygens (including phenoxy) is 1. The monoisotopic (exact) mass is 367 g/mol. The highest BCUT2D eigenvalue weighted by Crippen LogP contribution is 2.36. The maximum Gasteiger partial charge on any atom is 0.199 e. The summed E-state index contributed by atoms with van der Waals surface area (Å²) in [5, 5.41) is 16.2. The number of para-hydroxylation sites is 1. The van der Waals surface area contributed by atoms with Crippen molar-refractivity contribution in [3.63, 3.8) is 0 Å². The molecule has 130 valence electrons. The van der Waals surface area contributed by atoms with Gasteiger partial charge in [-0.15, -0.1) is 0 Å². The number of hydrogen-bond donors (Lipinski definition) is 2. The molecular weight excluding hydrogens is 354 g/mol. The van der Waals surface area contributed by atoms with Crippen LogP contribution >= 0.6 is 11.6 Å². The van der Waals surface area contributed by atoms with Gasteiger partial charge in [0, 0.05) is 21.5 Å². The Kier molecular flexibility index (Phi) is 3.48. The molecule has 0 radical (unpaired) electrons. The number of benzene rings is 2. The number of oxime groups is 1. The second-order valence-corrected chi connectivity index (χ2v) is 6.64. The molecule has 6 nitrogen and oxygen atoms in total. The molecule has 2 aromatic carbocycles. The number of rotatable bonds is 4. The van der Waals surface area contributed by atoms with Gasteiger partial charge in [-0.1, -0.05) is 35.0 Å². The van der Waals surface area contributed by atoms with Crippen LogP contribution < -0.4 is 0 Å². The van der Waals surface area contributed by atoms with E-state index in [2.05, 4.69) is 15.1 Å². The Bertz CT molecular complexity index is 1080. The van der Waals surface area contributed by atoms with E-state index < -0.39 is 0 Å². The van der Waals surface area contributed by atoms with Crippen molar-refractivity contribution in [1.82, 2.24) is 4.98 Å². The second kappa shape index (κ2) is 5.86. The third-order valence-electron chi connectivity index (χ3n) is 4.41. The van der Waals surface area contributed by atoms with Gasteiger partial charge < -0.3 is 19.7 Å². The molecule has 1 aromatic heterocycles. The Labute approximate surface area is 153 Å². The van der Waals surface area contributed by atoms with Crippen LogP contribution in [0.5, 0.6) is 5.88 Å². The smallest absolute Gasteiger partial charge is 0.199 e. The summed E-state index contributed by atoms with van der Waals surface area (Å²) in [7, 11) is 0. The molecule has 26 heavy (non-hydrogen) atoms. The molecule has 0 bridgehead atoms. The first-order valence-corrected chi connectivity index (χ1v) is 8.59. The Balaban J connectivity index is 1.65. The summed E-state index contributed by atoms with van der Waals surface area (Å²) < 4.78 is 5.15. The lowest BCUT2D eigenvalue weighted by molar-refractivity contribution is 0.125. The fraction of sp³-hybridized carbons (Fsp3) is 0.158. The predicted octanol–water partition coefficient (Wildman–Crippen LogP) is 3.78. The SMILES string of the molecule is Oc1[nH]c2ccc(Cl)cc2c1C1=Nc2ccccc2/C1=N\OCC1CO1. The molecule has 1 fully saturated rings. The van der Waals surface area contributed by atoms with Crippen LogP contribution in [0.2, 0.25) is 5.02 Å². The van der Waals surface area contributed by atoms with Gasteiger partial charge in [0.1, 0.15) is 24.1 Å². The Hall–Kier alpha value is -2.83. The maximum absolute atomic E-state index is 10.5. The van der Waals surface area contributed by atoms with Crippen LogP contribution in [0, 0.1) is 0 Å². The summed E-state index contributed by atoms with van der Waals surface area (Å²) in [6, 6.07) is 13.0. The summed E-state index contributed by atoms with van der Waals surface area (Å²) in [6.45, 7) is 1.09. The van der Waals surface area contributed by atoms with Crippen molar-refractivity contribution in [1.29, 1.82) is 0 Å². The molecule has 0 spiro atoms. The average molecular weight is 368 g/mol. The minimum absolute atomic E-state index is 0.0204. The van der Waals surface area contributed by atoms with Gasteiger partial charge in [0.15, 0.2) is 5.88 Å². The van der Waals surface area contributed by atoms with Crippen molar-refractivity contribution in [2.75, 3.05) is 13.2 Å². The highest BCUT2D eigenvalue weighted by Gasteiger charge is 2.30. The molecule has 2 aliphatic heterocycles. The molecule has 0 saturated carbocycles. The van der Waals surface area contributed by atoms with Gasteiger partial charge in [0.2, 0.25) is 0 Å². The van der Waals surface area contributed by atoms with Gasteiger partial charge in [0.25, 0.3) is 0 Å². The second-order valence-electron chi connectivity index (χ2n) is 6.21. The first-order chi connectivity index (χ1) is 12.7. The molecule has 0 amide bonds. The lowest BCUT2D eigenvalue weighted by Crippen LogP contribution is -2.14. The zero-order chi connectivity index (χ0) is 17.7. The minimum atomic E-state index is 0.0204. The van der Waals surface area contributed by atoms with Crippen LogP contribution in [-0.2, 0) is 9.57 Å². The summed E-state index contributed by atoms with van der Waals surface area (Å²) in [6.07, 6.45) is 0.108. The largest absolute Gasteiger partial charge is 0.494 e. The number of epoxide rings is 1. The van der Waals surface area contributed by atoms with E-state index in [-0.39, 0.29) is 12.0 Å². The van der Waals surface area contributed by atoms with Crippen molar-refractivity contribution in [3.05, 3.63) is 58.6 Å². The van der Waals surface area contributed by atoms with Gasteiger partial charge in [-0.25, -0.2) is 4.99 Å². The van der Waals surface area contributed by atoms with Crippen LogP contribution in [0.15, 0.2) is 52.6 Å². The van der Waals surface area contributed by atoms with Crippen molar-refractivity contribution in [3.8, 4) is 5.88 Å². The van der Waals surface area contributed by atoms with Gasteiger partial charge in [-0.3, -0.25) is 0 Å². The number of hydrogen-bond acceptors (Lipinski definition) is 5. The van der Waals surface area contributed by atoms with Gasteiger partial charge >= 0.3 is 0 Å². The molecule has 7 heteroatoms. The Morgan fingerprint density at radius 1 is 1.31 bits per heavy atom. The zero-order valence-corrected chi connectivity index (χ0v) is 14.3. The average Bonchev–Trinajstić information content (AvgIpc) is 3.31. The van der Waals surface area contributed by atoms with Crippen molar-refractivity contribution in [2.45, 2.75) is 6.10 Å². The standard InChI is InChI=1S/C19H14ClN3O3/c20-10-5-6-15-13(7-10)16(19(24)22-15)18-17(23-26-9-11-8-25-11)12-3-1-2-4-14(12)21-18/h1-7,11,22,24H,8-9H2/b23-17+. The first kappa shape index (κ1) is 15.4. The third-order valence-corrected chi connectivity index (χ3v) is 4.65. The van der Waals surface area contributed by atoms with E-state index in [0.29, 0.717) is 35.2 Å². The van der Waals surface area contributed by atoms with Crippen molar-refractivity contribution >= 4 is 39.6 Å². The number of aliphatic imine (C=N–C) groups is 1. The van der Waals surface area contributed by atoms with Gasteiger partial charge in [0.05, 0.1) is 17.9 Å². The molecule has 0 aliphatic carbocycles. The van der Waals surface area contributed by atoms with Crippen LogP contribution in [0.3, 0.4) is 0 Å². The molecule has 3 aromatic rings. The minimum Gasteiger partial charge on any atom is -0.494 e. The van der Waals surface area contributed by atoms with Crippen LogP contribution in [0.1, 0.15) is 11.1 Å². The lowest BCUT2D eigenvalue weighted by Gasteiger charge is -2.05. The molecule has 1 unspecified atom stereocenters. The normalized spacial score (nSPS) is 19.7. The van der Waals surface area contributed by atoms with E-state index in [4.69, 9.17) is 21.2 Å². The number of nitrogens with one attached hydrogen (secondary N) is 1. The van der Waals surface area contributed by atoms with Crippen molar-refractivity contribution in [2.24, 2.45) is 10.1 Å². The lowest BCUT2D eigenvalue weighted by atomic mass is 10.0. The highest BCUT2D eigenvalue weighted by molar-refractivity contribution is 6.58. The number of fused-ring (bicyclic) bond motifs is 2. The molecule has 2 aliphatic rings. The Morgan fingerprint density at radius 2 is 2.15 bits per heavy atom. The van der Waals surface area contributed by atoms with E-state index in [1.165, 1.54) is 0 Å². The summed E-state index contributed by atoms with van der Waals surface area (Å²) in [5.41, 5.74) is 4.10. The van der Waals surface area contributed by atoms with E-state index in [0.717, 1.165) is 22.2 Å². The number of halogens is 1. The van der Waals surface area contributed by atoms with Gasteiger partial charge in [-0.05, 0) is 24.3 Å². The van der Waals surface area contributed by atoms with Gasteiger partial charge in [-0.2, -0.15) is 0 Å². The number of aromatic nitrogens is 1. The number of nitrogens with zero attached hydrogens (tertiary/aromatic N) is 2. The van der Waals surface area contributed by atoms with Crippen LogP contribution in [-0.4, -0.2) is 40.8 Å². The summed E-state index contributed by atoms with van der Waals surface area (Å²) in [4.78, 5) is 13.1. The van der Waals surface area contributed by atoms with Crippen molar-refractivity contribution < 1.29 is 14.7 Å². The molecular formula is C19H14ClN3O3. The fourth-order valence-electron chi connectivity index (χ4n) is 3.08. The Morgan fingerprint density at radius 3 is 3.00 bits per heavy atom. The summed E-state index contributed by atoms with van der Waals surface area (Å²) in [5.74, 6) is 0.0204. The van der Waals surface area contributed by atoms with E-state index in [1.54, 1.807) is 12.1 Å². The molecule has 3 heterocycles. The van der Waals surface area contributed by atoms with E-state index in [9.17, 15) is 5.11 Å². The first-order valence-electron chi connectivity index (χ1n) is 8.21. The summed E-state index contributed by atoms with van der Waals surface area (Å²) >= 11 is 6.15.